The number of aliphatic hydroxyl groups is 2. The van der Waals surface area contributed by atoms with Crippen molar-refractivity contribution in [1.82, 2.24) is 0 Å². The number of aliphatic carboxylic acids is 1. The number of unbranched alkanes of at least 4 members (excludes halogenated alkanes) is 4. The third-order valence-corrected chi connectivity index (χ3v) is 4.60. The number of carbonyl (C=O) groups is 2. The van der Waals surface area contributed by atoms with E-state index in [-0.39, 0.29) is 17.6 Å². The van der Waals surface area contributed by atoms with Crippen molar-refractivity contribution in [1.29, 1.82) is 0 Å². The second-order valence-electron chi connectivity index (χ2n) is 6.69. The molecule has 3 N–H and O–H groups in total. The van der Waals surface area contributed by atoms with Crippen molar-refractivity contribution in [3.63, 3.8) is 0 Å². The van der Waals surface area contributed by atoms with Gasteiger partial charge < -0.3 is 15.3 Å². The summed E-state index contributed by atoms with van der Waals surface area (Å²) in [5.41, 5.74) is 2.75. The van der Waals surface area contributed by atoms with E-state index in [1.807, 2.05) is 0 Å². The Morgan fingerprint density at radius 3 is 2.72 bits per heavy atom. The molecule has 0 spiro atoms. The number of allylic oxidation sites excluding steroid dienone is 2. The number of ketones is 1. The Hall–Kier alpha value is -1.68. The molecule has 1 fully saturated rings. The van der Waals surface area contributed by atoms with Crippen LogP contribution in [0.1, 0.15) is 64.7 Å². The number of Topliss-reactive ketones (excluding diaryl/α,β-unsaturated/α-hetero) is 1. The maximum atomic E-state index is 12.0. The number of hydrogen-bond acceptors (Lipinski definition) is 4. The first-order valence-electron chi connectivity index (χ1n) is 9.15. The molecular formula is C20H30O5. The van der Waals surface area contributed by atoms with Crippen molar-refractivity contribution in [2.45, 2.75) is 70.5 Å². The molecular weight excluding hydrogens is 320 g/mol. The molecule has 0 radical (unpaired) electrons. The molecule has 140 valence electrons. The summed E-state index contributed by atoms with van der Waals surface area (Å²) in [4.78, 5) is 22.6. The smallest absolute Gasteiger partial charge is 0.364 e. The van der Waals surface area contributed by atoms with E-state index in [0.717, 1.165) is 12.8 Å². The van der Waals surface area contributed by atoms with Crippen LogP contribution in [0.4, 0.5) is 0 Å². The summed E-state index contributed by atoms with van der Waals surface area (Å²) >= 11 is 0. The van der Waals surface area contributed by atoms with E-state index in [2.05, 4.69) is 24.8 Å². The number of carbonyl (C=O) groups excluding carboxylic acids is 1. The van der Waals surface area contributed by atoms with Gasteiger partial charge in [0.1, 0.15) is 5.78 Å². The lowest BCUT2D eigenvalue weighted by Crippen LogP contribution is -2.37. The van der Waals surface area contributed by atoms with Crippen LogP contribution in [0.3, 0.4) is 0 Å². The summed E-state index contributed by atoms with van der Waals surface area (Å²) in [6.45, 7) is 2.19. The topological polar surface area (TPSA) is 94.8 Å². The van der Waals surface area contributed by atoms with Crippen molar-refractivity contribution in [3.8, 4) is 0 Å². The van der Waals surface area contributed by atoms with Gasteiger partial charge >= 0.3 is 5.97 Å². The van der Waals surface area contributed by atoms with E-state index in [1.54, 1.807) is 6.08 Å². The van der Waals surface area contributed by atoms with Crippen LogP contribution in [0.5, 0.6) is 0 Å². The first-order valence-corrected chi connectivity index (χ1v) is 9.15. The van der Waals surface area contributed by atoms with Crippen LogP contribution in [0.25, 0.3) is 0 Å². The Labute approximate surface area is 149 Å². The molecule has 1 rings (SSSR count). The van der Waals surface area contributed by atoms with Crippen LogP contribution >= 0.6 is 0 Å². The molecule has 0 aromatic carbocycles. The van der Waals surface area contributed by atoms with Crippen LogP contribution < -0.4 is 0 Å². The average molecular weight is 350 g/mol. The number of hydrogen-bond donors (Lipinski definition) is 3. The fraction of sp³-hybridized carbons (Fsp3) is 0.650. The van der Waals surface area contributed by atoms with Gasteiger partial charge in [0.2, 0.25) is 0 Å². The van der Waals surface area contributed by atoms with Gasteiger partial charge in [0, 0.05) is 18.8 Å². The molecule has 1 saturated carbocycles. The molecule has 0 saturated heterocycles. The van der Waals surface area contributed by atoms with Crippen LogP contribution in [0, 0.1) is 11.8 Å². The molecule has 1 aliphatic rings. The van der Waals surface area contributed by atoms with E-state index in [9.17, 15) is 9.59 Å². The summed E-state index contributed by atoms with van der Waals surface area (Å²) in [6, 6.07) is 0. The fourth-order valence-corrected chi connectivity index (χ4v) is 3.00. The quantitative estimate of drug-likeness (QED) is 0.230. The normalized spacial score (nSPS) is 20.7. The molecule has 0 amide bonds. The first kappa shape index (κ1) is 21.4. The molecule has 2 atom stereocenters. The molecule has 0 aliphatic heterocycles. The molecule has 0 heterocycles. The Balaban J connectivity index is 2.46. The van der Waals surface area contributed by atoms with Gasteiger partial charge in [-0.25, -0.2) is 4.79 Å². The average Bonchev–Trinajstić information content (AvgIpc) is 2.90. The van der Waals surface area contributed by atoms with E-state index in [1.165, 1.54) is 31.8 Å². The summed E-state index contributed by atoms with van der Waals surface area (Å²) in [5.74, 6) is -4.01. The number of carboxylic acids is 1. The number of carboxylic acid groups (broad SMARTS) is 1. The minimum absolute atomic E-state index is 0.0553. The highest BCUT2D eigenvalue weighted by atomic mass is 16.5. The highest BCUT2D eigenvalue weighted by molar-refractivity contribution is 5.83. The summed E-state index contributed by atoms with van der Waals surface area (Å²) in [5, 5.41) is 26.9. The minimum Gasteiger partial charge on any atom is -0.477 e. The number of rotatable bonds is 11. The third kappa shape index (κ3) is 7.82. The highest BCUT2D eigenvalue weighted by Gasteiger charge is 2.32. The molecule has 5 heteroatoms. The van der Waals surface area contributed by atoms with Gasteiger partial charge in [-0.1, -0.05) is 38.3 Å². The first-order chi connectivity index (χ1) is 11.9. The molecule has 0 aromatic rings. The Morgan fingerprint density at radius 1 is 1.28 bits per heavy atom. The molecule has 0 unspecified atom stereocenters. The van der Waals surface area contributed by atoms with Crippen LogP contribution in [0.2, 0.25) is 0 Å². The Bertz CT molecular complexity index is 526. The van der Waals surface area contributed by atoms with Crippen molar-refractivity contribution in [2.24, 2.45) is 11.8 Å². The minimum atomic E-state index is -2.77. The maximum absolute atomic E-state index is 12.0. The summed E-state index contributed by atoms with van der Waals surface area (Å²) in [7, 11) is 0. The van der Waals surface area contributed by atoms with E-state index in [4.69, 9.17) is 15.3 Å². The molecule has 25 heavy (non-hydrogen) atoms. The zero-order valence-electron chi connectivity index (χ0n) is 15.0. The van der Waals surface area contributed by atoms with Crippen LogP contribution in [-0.4, -0.2) is 32.9 Å². The van der Waals surface area contributed by atoms with Crippen molar-refractivity contribution < 1.29 is 24.9 Å². The van der Waals surface area contributed by atoms with Gasteiger partial charge in [-0.2, -0.15) is 0 Å². The second-order valence-corrected chi connectivity index (χ2v) is 6.69. The lowest BCUT2D eigenvalue weighted by molar-refractivity contribution is -0.201. The van der Waals surface area contributed by atoms with Crippen molar-refractivity contribution >= 4 is 11.8 Å². The largest absolute Gasteiger partial charge is 0.477 e. The van der Waals surface area contributed by atoms with E-state index >= 15 is 0 Å². The van der Waals surface area contributed by atoms with Gasteiger partial charge in [-0.3, -0.25) is 4.79 Å². The summed E-state index contributed by atoms with van der Waals surface area (Å²) < 4.78 is 0. The Morgan fingerprint density at radius 2 is 2.04 bits per heavy atom. The monoisotopic (exact) mass is 350 g/mol. The van der Waals surface area contributed by atoms with Crippen molar-refractivity contribution in [3.05, 3.63) is 30.0 Å². The van der Waals surface area contributed by atoms with E-state index in [0.29, 0.717) is 12.8 Å². The summed E-state index contributed by atoms with van der Waals surface area (Å²) in [6.07, 6.45) is 14.8. The van der Waals surface area contributed by atoms with E-state index < -0.39 is 18.2 Å². The lowest BCUT2D eigenvalue weighted by atomic mass is 9.91. The third-order valence-electron chi connectivity index (χ3n) is 4.60. The van der Waals surface area contributed by atoms with Crippen LogP contribution in [-0.2, 0) is 9.59 Å². The molecule has 5 nitrogen and oxygen atoms in total. The molecule has 0 aromatic heterocycles. The fourth-order valence-electron chi connectivity index (χ4n) is 3.00. The molecule has 1 aliphatic carbocycles. The highest BCUT2D eigenvalue weighted by Crippen LogP contribution is 2.32. The predicted octanol–water partition coefficient (Wildman–Crippen LogP) is 3.37. The zero-order valence-corrected chi connectivity index (χ0v) is 15.0. The SMILES string of the molecule is CCCCCCC=C[C@H]1CCC(=O)[C@@H]1CC=C=CCC(O)(O)C(=O)O. The van der Waals surface area contributed by atoms with Gasteiger partial charge in [0.25, 0.3) is 5.79 Å². The van der Waals surface area contributed by atoms with Crippen molar-refractivity contribution in [2.75, 3.05) is 0 Å². The standard InChI is InChI=1S/C20H30O5/c1-2-3-4-5-6-8-11-16-13-14-18(21)17(16)12-9-7-10-15-20(24,25)19(22)23/h8-11,16-17,24-25H,2-6,12-15H2,1H3,(H,22,23)/t7?,16-,17+/m0/s1. The lowest BCUT2D eigenvalue weighted by Gasteiger charge is -2.13. The van der Waals surface area contributed by atoms with Gasteiger partial charge in [-0.05, 0) is 43.8 Å². The molecule has 0 bridgehead atoms. The Kier molecular flexibility index (Phi) is 9.43. The van der Waals surface area contributed by atoms with Gasteiger partial charge in [0.05, 0.1) is 0 Å². The van der Waals surface area contributed by atoms with Crippen LogP contribution in [0.15, 0.2) is 30.0 Å². The maximum Gasteiger partial charge on any atom is 0.364 e. The van der Waals surface area contributed by atoms with Gasteiger partial charge in [0.15, 0.2) is 0 Å². The van der Waals surface area contributed by atoms with Gasteiger partial charge in [-0.15, -0.1) is 5.73 Å². The predicted molar refractivity (Wildman–Crippen MR) is 95.8 cm³/mol. The zero-order chi connectivity index (χ0) is 18.7. The second kappa shape index (κ2) is 11.0.